The lowest BCUT2D eigenvalue weighted by Crippen LogP contribution is -2.47. The van der Waals surface area contributed by atoms with E-state index in [1.807, 2.05) is 17.0 Å². The number of benzene rings is 1. The zero-order valence-corrected chi connectivity index (χ0v) is 19.3. The number of rotatable bonds is 9. The van der Waals surface area contributed by atoms with Crippen LogP contribution in [0.1, 0.15) is 86.0 Å². The minimum atomic E-state index is -0.393. The normalized spacial score (nSPS) is 26.2. The van der Waals surface area contributed by atoms with Crippen molar-refractivity contribution in [1.82, 2.24) is 9.80 Å². The lowest BCUT2D eigenvalue weighted by molar-refractivity contribution is -0.134. The Morgan fingerprint density at radius 2 is 1.75 bits per heavy atom. The molecule has 4 rings (SSSR count). The summed E-state index contributed by atoms with van der Waals surface area (Å²) in [6.07, 6.45) is 12.2. The fourth-order valence-electron chi connectivity index (χ4n) is 6.37. The van der Waals surface area contributed by atoms with Gasteiger partial charge in [-0.3, -0.25) is 14.5 Å². The van der Waals surface area contributed by atoms with Gasteiger partial charge < -0.3 is 15.7 Å². The largest absolute Gasteiger partial charge is 0.387 e. The maximum Gasteiger partial charge on any atom is 0.248 e. The summed E-state index contributed by atoms with van der Waals surface area (Å²) in [7, 11) is 0. The monoisotopic (exact) mass is 441 g/mol. The topological polar surface area (TPSA) is 86.9 Å². The smallest absolute Gasteiger partial charge is 0.248 e. The number of hydrogen-bond acceptors (Lipinski definition) is 4. The Bertz CT molecular complexity index is 778. The van der Waals surface area contributed by atoms with Crippen molar-refractivity contribution in [3.8, 4) is 0 Å². The zero-order chi connectivity index (χ0) is 22.5. The summed E-state index contributed by atoms with van der Waals surface area (Å²) in [6.45, 7) is 1.98. The van der Waals surface area contributed by atoms with Crippen LogP contribution >= 0.6 is 0 Å². The lowest BCUT2D eigenvalue weighted by Gasteiger charge is -2.40. The van der Waals surface area contributed by atoms with Crippen LogP contribution in [0, 0.1) is 5.92 Å². The van der Waals surface area contributed by atoms with Crippen LogP contribution in [0.25, 0.3) is 0 Å². The minimum absolute atomic E-state index is 0.133. The molecule has 1 aromatic rings. The fourth-order valence-corrected chi connectivity index (χ4v) is 6.37. The molecule has 2 saturated heterocycles. The van der Waals surface area contributed by atoms with Crippen molar-refractivity contribution in [3.05, 3.63) is 35.4 Å². The van der Waals surface area contributed by atoms with E-state index in [1.165, 1.54) is 50.5 Å². The first-order valence-corrected chi connectivity index (χ1v) is 12.6. The average Bonchev–Trinajstić information content (AvgIpc) is 3.05. The molecule has 2 heterocycles. The van der Waals surface area contributed by atoms with Crippen LogP contribution in [0.3, 0.4) is 0 Å². The lowest BCUT2D eigenvalue weighted by atomic mass is 9.84. The van der Waals surface area contributed by atoms with E-state index in [0.29, 0.717) is 30.1 Å². The van der Waals surface area contributed by atoms with Gasteiger partial charge in [0.2, 0.25) is 11.8 Å². The molecule has 1 aliphatic carbocycles. The van der Waals surface area contributed by atoms with E-state index in [4.69, 9.17) is 5.73 Å². The maximum atomic E-state index is 12.4. The highest BCUT2D eigenvalue weighted by atomic mass is 16.3. The van der Waals surface area contributed by atoms with Crippen molar-refractivity contribution in [2.75, 3.05) is 26.2 Å². The third-order valence-corrected chi connectivity index (χ3v) is 8.17. The van der Waals surface area contributed by atoms with Crippen LogP contribution in [0.15, 0.2) is 24.3 Å². The minimum Gasteiger partial charge on any atom is -0.387 e. The van der Waals surface area contributed by atoms with Gasteiger partial charge in [0, 0.05) is 37.3 Å². The first-order valence-electron chi connectivity index (χ1n) is 12.6. The number of carbonyl (C=O) groups excluding carboxylic acids is 2. The Morgan fingerprint density at radius 3 is 2.41 bits per heavy atom. The molecule has 176 valence electrons. The number of fused-ring (bicyclic) bond motifs is 2. The molecule has 1 saturated carbocycles. The first kappa shape index (κ1) is 23.2. The van der Waals surface area contributed by atoms with Crippen LogP contribution in [0.5, 0.6) is 0 Å². The van der Waals surface area contributed by atoms with E-state index in [0.717, 1.165) is 38.3 Å². The molecule has 3 N–H and O–H groups in total. The van der Waals surface area contributed by atoms with Crippen LogP contribution in [0.4, 0.5) is 0 Å². The number of carbonyl (C=O) groups is 2. The number of nitrogens with zero attached hydrogens (tertiary/aromatic N) is 2. The molecule has 3 fully saturated rings. The molecule has 0 radical (unpaired) electrons. The molecule has 0 aromatic heterocycles. The standard InChI is InChI=1S/C26H39N3O3/c27-26(32)21-8-4-7-20(15-21)22-16-23-9-10-24(17-22)29(23)14-13-28(25(31)18-30)12-11-19-5-2-1-3-6-19/h4,7-8,15,19,22-24,30H,1-3,5-6,9-14,16-18H2,(H2,27,32)/t22?,23-,24+. The van der Waals surface area contributed by atoms with Gasteiger partial charge >= 0.3 is 0 Å². The van der Waals surface area contributed by atoms with Gasteiger partial charge in [0.25, 0.3) is 0 Å². The number of nitrogens with two attached hydrogens (primary N) is 1. The number of primary amides is 1. The van der Waals surface area contributed by atoms with Crippen molar-refractivity contribution in [3.63, 3.8) is 0 Å². The summed E-state index contributed by atoms with van der Waals surface area (Å²) in [5.41, 5.74) is 7.30. The third-order valence-electron chi connectivity index (χ3n) is 8.17. The van der Waals surface area contributed by atoms with Gasteiger partial charge in [-0.2, -0.15) is 0 Å². The van der Waals surface area contributed by atoms with Gasteiger partial charge in [-0.1, -0.05) is 44.2 Å². The van der Waals surface area contributed by atoms with E-state index in [-0.39, 0.29) is 11.8 Å². The average molecular weight is 442 g/mol. The van der Waals surface area contributed by atoms with Crippen molar-refractivity contribution in [2.45, 2.75) is 82.2 Å². The molecule has 2 bridgehead atoms. The first-order chi connectivity index (χ1) is 15.5. The Kier molecular flexibility index (Phi) is 7.84. The van der Waals surface area contributed by atoms with Crippen LogP contribution in [-0.4, -0.2) is 65.0 Å². The number of hydrogen-bond donors (Lipinski definition) is 2. The second-order valence-electron chi connectivity index (χ2n) is 10.1. The third kappa shape index (κ3) is 5.52. The molecule has 32 heavy (non-hydrogen) atoms. The second-order valence-corrected chi connectivity index (χ2v) is 10.1. The molecule has 1 aromatic carbocycles. The summed E-state index contributed by atoms with van der Waals surface area (Å²) in [5, 5.41) is 9.48. The highest BCUT2D eigenvalue weighted by molar-refractivity contribution is 5.92. The highest BCUT2D eigenvalue weighted by Crippen LogP contribution is 2.43. The molecule has 0 spiro atoms. The Balaban J connectivity index is 1.33. The van der Waals surface area contributed by atoms with E-state index in [2.05, 4.69) is 11.0 Å². The zero-order valence-electron chi connectivity index (χ0n) is 19.3. The molecule has 6 heteroatoms. The van der Waals surface area contributed by atoms with Crippen LogP contribution in [0.2, 0.25) is 0 Å². The van der Waals surface area contributed by atoms with Gasteiger partial charge in [0.1, 0.15) is 6.61 Å². The summed E-state index contributed by atoms with van der Waals surface area (Å²) < 4.78 is 0. The van der Waals surface area contributed by atoms with E-state index < -0.39 is 6.61 Å². The Morgan fingerprint density at radius 1 is 1.03 bits per heavy atom. The van der Waals surface area contributed by atoms with Crippen molar-refractivity contribution in [2.24, 2.45) is 11.7 Å². The molecule has 6 nitrogen and oxygen atoms in total. The van der Waals surface area contributed by atoms with Crippen molar-refractivity contribution in [1.29, 1.82) is 0 Å². The molecular weight excluding hydrogens is 402 g/mol. The number of piperidine rings is 1. The SMILES string of the molecule is NC(=O)c1cccc(C2C[C@H]3CC[C@@H](C2)N3CCN(CCC2CCCCC2)C(=O)CO)c1. The second kappa shape index (κ2) is 10.8. The van der Waals surface area contributed by atoms with Gasteiger partial charge in [-0.05, 0) is 61.6 Å². The quantitative estimate of drug-likeness (QED) is 0.616. The number of aliphatic hydroxyl groups is 1. The van der Waals surface area contributed by atoms with Crippen molar-refractivity contribution >= 4 is 11.8 Å². The van der Waals surface area contributed by atoms with E-state index in [1.54, 1.807) is 6.07 Å². The van der Waals surface area contributed by atoms with Gasteiger partial charge in [0.05, 0.1) is 0 Å². The van der Waals surface area contributed by atoms with Gasteiger partial charge in [-0.15, -0.1) is 0 Å². The summed E-state index contributed by atoms with van der Waals surface area (Å²) >= 11 is 0. The Hall–Kier alpha value is -1.92. The van der Waals surface area contributed by atoms with Crippen LogP contribution in [-0.2, 0) is 4.79 Å². The van der Waals surface area contributed by atoms with Gasteiger partial charge in [0.15, 0.2) is 0 Å². The predicted octanol–water partition coefficient (Wildman–Crippen LogP) is 3.29. The predicted molar refractivity (Wildman–Crippen MR) is 125 cm³/mol. The van der Waals surface area contributed by atoms with E-state index >= 15 is 0 Å². The van der Waals surface area contributed by atoms with Crippen LogP contribution < -0.4 is 5.73 Å². The summed E-state index contributed by atoms with van der Waals surface area (Å²) in [6, 6.07) is 8.87. The number of aliphatic hydroxyl groups excluding tert-OH is 1. The summed E-state index contributed by atoms with van der Waals surface area (Å²) in [5.74, 6) is 0.700. The van der Waals surface area contributed by atoms with E-state index in [9.17, 15) is 14.7 Å². The van der Waals surface area contributed by atoms with Gasteiger partial charge in [-0.25, -0.2) is 0 Å². The molecule has 3 atom stereocenters. The molecule has 1 unspecified atom stereocenters. The molecule has 2 aliphatic heterocycles. The number of amides is 2. The van der Waals surface area contributed by atoms with Crippen molar-refractivity contribution < 1.29 is 14.7 Å². The highest BCUT2D eigenvalue weighted by Gasteiger charge is 2.41. The maximum absolute atomic E-state index is 12.4. The molecule has 2 amide bonds. The fraction of sp³-hybridized carbons (Fsp3) is 0.692. The summed E-state index contributed by atoms with van der Waals surface area (Å²) in [4.78, 5) is 28.5. The molecular formula is C26H39N3O3. The molecule has 3 aliphatic rings. The Labute approximate surface area is 192 Å².